The first-order valence-corrected chi connectivity index (χ1v) is 6.26. The number of rotatable bonds is 2. The van der Waals surface area contributed by atoms with Crippen LogP contribution in [0.15, 0.2) is 46.9 Å². The Morgan fingerprint density at radius 1 is 1.05 bits per heavy atom. The number of para-hydroxylation sites is 2. The van der Waals surface area contributed by atoms with Gasteiger partial charge in [0.15, 0.2) is 5.58 Å². The normalized spacial score (nSPS) is 10.8. The Morgan fingerprint density at radius 3 is 2.58 bits per heavy atom. The van der Waals surface area contributed by atoms with Crippen molar-refractivity contribution in [3.05, 3.63) is 64.0 Å². The fraction of sp³-hybridized carbons (Fsp3) is 0. The Hall–Kier alpha value is -1.84. The molecule has 0 atom stereocenters. The van der Waals surface area contributed by atoms with E-state index in [2.05, 4.69) is 4.98 Å². The fourth-order valence-corrected chi connectivity index (χ4v) is 2.03. The van der Waals surface area contributed by atoms with Crippen LogP contribution in [-0.2, 0) is 0 Å². The van der Waals surface area contributed by atoms with E-state index in [1.54, 1.807) is 24.3 Å². The van der Waals surface area contributed by atoms with Crippen molar-refractivity contribution in [3.8, 4) is 0 Å². The fourth-order valence-electron chi connectivity index (χ4n) is 1.73. The number of nitrogens with zero attached hydrogens (tertiary/aromatic N) is 1. The first-order valence-electron chi connectivity index (χ1n) is 5.50. The lowest BCUT2D eigenvalue weighted by Gasteiger charge is -1.99. The van der Waals surface area contributed by atoms with Crippen LogP contribution in [0.1, 0.15) is 16.2 Å². The van der Waals surface area contributed by atoms with Gasteiger partial charge in [-0.3, -0.25) is 4.79 Å². The summed E-state index contributed by atoms with van der Waals surface area (Å²) in [5, 5.41) is 0.722. The van der Waals surface area contributed by atoms with E-state index in [0.717, 1.165) is 0 Å². The molecule has 5 heteroatoms. The Kier molecular flexibility index (Phi) is 3.01. The molecule has 0 bridgehead atoms. The zero-order chi connectivity index (χ0) is 13.4. The van der Waals surface area contributed by atoms with Crippen molar-refractivity contribution in [2.75, 3.05) is 0 Å². The smallest absolute Gasteiger partial charge is 0.269 e. The van der Waals surface area contributed by atoms with E-state index >= 15 is 0 Å². The van der Waals surface area contributed by atoms with Crippen LogP contribution in [0.2, 0.25) is 10.0 Å². The van der Waals surface area contributed by atoms with Crippen LogP contribution >= 0.6 is 23.2 Å². The number of ketones is 1. The number of carbonyl (C=O) groups is 1. The van der Waals surface area contributed by atoms with Gasteiger partial charge in [0.25, 0.3) is 5.89 Å². The molecule has 0 aliphatic heterocycles. The van der Waals surface area contributed by atoms with Crippen molar-refractivity contribution >= 4 is 40.1 Å². The van der Waals surface area contributed by atoms with Gasteiger partial charge in [-0.25, -0.2) is 4.98 Å². The average molecular weight is 292 g/mol. The minimum Gasteiger partial charge on any atom is -0.433 e. The molecule has 94 valence electrons. The number of hydrogen-bond donors (Lipinski definition) is 0. The average Bonchev–Trinajstić information content (AvgIpc) is 2.85. The summed E-state index contributed by atoms with van der Waals surface area (Å²) in [4.78, 5) is 16.4. The highest BCUT2D eigenvalue weighted by atomic mass is 35.5. The second-order valence-corrected chi connectivity index (χ2v) is 4.76. The molecule has 0 radical (unpaired) electrons. The summed E-state index contributed by atoms with van der Waals surface area (Å²) >= 11 is 11.7. The van der Waals surface area contributed by atoms with Gasteiger partial charge < -0.3 is 4.42 Å². The van der Waals surface area contributed by atoms with Crippen molar-refractivity contribution in [2.45, 2.75) is 0 Å². The van der Waals surface area contributed by atoms with Crippen LogP contribution in [-0.4, -0.2) is 10.8 Å². The third kappa shape index (κ3) is 2.23. The minimum absolute atomic E-state index is 0.0413. The quantitative estimate of drug-likeness (QED) is 0.659. The van der Waals surface area contributed by atoms with E-state index in [4.69, 9.17) is 27.6 Å². The molecule has 3 aromatic rings. The van der Waals surface area contributed by atoms with Crippen LogP contribution in [0.3, 0.4) is 0 Å². The third-order valence-corrected chi connectivity index (χ3v) is 3.41. The van der Waals surface area contributed by atoms with Gasteiger partial charge in [0.2, 0.25) is 5.78 Å². The minimum atomic E-state index is -0.324. The summed E-state index contributed by atoms with van der Waals surface area (Å²) in [6.07, 6.45) is 0. The van der Waals surface area contributed by atoms with Crippen molar-refractivity contribution in [1.82, 2.24) is 4.98 Å². The molecular formula is C14H7Cl2NO2. The maximum Gasteiger partial charge on any atom is 0.269 e. The standard InChI is InChI=1S/C14H7Cl2NO2/c15-9-6-5-8(7-10(9)16)13(18)14-17-11-3-1-2-4-12(11)19-14/h1-7H. The number of oxazole rings is 1. The van der Waals surface area contributed by atoms with Gasteiger partial charge in [-0.1, -0.05) is 35.3 Å². The van der Waals surface area contributed by atoms with E-state index in [1.165, 1.54) is 6.07 Å². The lowest BCUT2D eigenvalue weighted by atomic mass is 10.1. The molecule has 0 N–H and O–H groups in total. The molecule has 0 saturated heterocycles. The molecule has 2 aromatic carbocycles. The van der Waals surface area contributed by atoms with E-state index in [1.807, 2.05) is 12.1 Å². The van der Waals surface area contributed by atoms with E-state index < -0.39 is 0 Å². The molecule has 1 heterocycles. The lowest BCUT2D eigenvalue weighted by molar-refractivity contribution is 0.100. The first-order chi connectivity index (χ1) is 9.15. The Balaban J connectivity index is 2.05. The van der Waals surface area contributed by atoms with Crippen molar-refractivity contribution < 1.29 is 9.21 Å². The number of halogens is 2. The SMILES string of the molecule is O=C(c1ccc(Cl)c(Cl)c1)c1nc2ccccc2o1. The second kappa shape index (κ2) is 4.68. The number of hydrogen-bond acceptors (Lipinski definition) is 3. The maximum atomic E-state index is 12.2. The monoisotopic (exact) mass is 291 g/mol. The number of carbonyl (C=O) groups excluding carboxylic acids is 1. The summed E-state index contributed by atoms with van der Waals surface area (Å²) in [5.74, 6) is -0.283. The molecule has 19 heavy (non-hydrogen) atoms. The molecule has 0 amide bonds. The van der Waals surface area contributed by atoms with E-state index in [9.17, 15) is 4.79 Å². The Bertz CT molecular complexity index is 747. The van der Waals surface area contributed by atoms with Gasteiger partial charge in [-0.05, 0) is 30.3 Å². The summed E-state index contributed by atoms with van der Waals surface area (Å²) in [7, 11) is 0. The molecule has 0 unspecified atom stereocenters. The van der Waals surface area contributed by atoms with Crippen LogP contribution in [0.25, 0.3) is 11.1 Å². The zero-order valence-electron chi connectivity index (χ0n) is 9.56. The molecule has 3 nitrogen and oxygen atoms in total. The van der Waals surface area contributed by atoms with Gasteiger partial charge in [0, 0.05) is 5.56 Å². The highest BCUT2D eigenvalue weighted by Gasteiger charge is 2.17. The summed E-state index contributed by atoms with van der Waals surface area (Å²) in [6.45, 7) is 0. The molecular weight excluding hydrogens is 285 g/mol. The Labute approximate surface area is 118 Å². The predicted molar refractivity (Wildman–Crippen MR) is 73.9 cm³/mol. The van der Waals surface area contributed by atoms with E-state index in [0.29, 0.717) is 26.7 Å². The van der Waals surface area contributed by atoms with Crippen molar-refractivity contribution in [2.24, 2.45) is 0 Å². The summed E-state index contributed by atoms with van der Waals surface area (Å²) in [5.41, 5.74) is 1.61. The second-order valence-electron chi connectivity index (χ2n) is 3.94. The first kappa shape index (κ1) is 12.2. The van der Waals surface area contributed by atoms with Crippen molar-refractivity contribution in [1.29, 1.82) is 0 Å². The topological polar surface area (TPSA) is 43.1 Å². The molecule has 0 aliphatic carbocycles. The highest BCUT2D eigenvalue weighted by molar-refractivity contribution is 6.42. The lowest BCUT2D eigenvalue weighted by Crippen LogP contribution is -2.01. The van der Waals surface area contributed by atoms with Crippen LogP contribution in [0.5, 0.6) is 0 Å². The molecule has 0 spiro atoms. The van der Waals surface area contributed by atoms with Crippen LogP contribution < -0.4 is 0 Å². The number of aromatic nitrogens is 1. The summed E-state index contributed by atoms with van der Waals surface area (Å²) in [6, 6.07) is 11.9. The molecule has 0 fully saturated rings. The third-order valence-electron chi connectivity index (χ3n) is 2.67. The van der Waals surface area contributed by atoms with Crippen LogP contribution in [0.4, 0.5) is 0 Å². The number of fused-ring (bicyclic) bond motifs is 1. The van der Waals surface area contributed by atoms with Gasteiger partial charge in [0.05, 0.1) is 10.0 Å². The summed E-state index contributed by atoms with van der Waals surface area (Å²) < 4.78 is 5.42. The Morgan fingerprint density at radius 2 is 1.84 bits per heavy atom. The maximum absolute atomic E-state index is 12.2. The van der Waals surface area contributed by atoms with Crippen molar-refractivity contribution in [3.63, 3.8) is 0 Å². The largest absolute Gasteiger partial charge is 0.433 e. The van der Waals surface area contributed by atoms with Crippen LogP contribution in [0, 0.1) is 0 Å². The van der Waals surface area contributed by atoms with Gasteiger partial charge in [-0.2, -0.15) is 0 Å². The molecule has 0 aliphatic rings. The molecule has 3 rings (SSSR count). The zero-order valence-corrected chi connectivity index (χ0v) is 11.1. The molecule has 1 aromatic heterocycles. The van der Waals surface area contributed by atoms with Gasteiger partial charge in [0.1, 0.15) is 5.52 Å². The van der Waals surface area contributed by atoms with Gasteiger partial charge in [-0.15, -0.1) is 0 Å². The van der Waals surface area contributed by atoms with Gasteiger partial charge >= 0.3 is 0 Å². The van der Waals surface area contributed by atoms with E-state index in [-0.39, 0.29) is 11.7 Å². The highest BCUT2D eigenvalue weighted by Crippen LogP contribution is 2.24. The predicted octanol–water partition coefficient (Wildman–Crippen LogP) is 4.37. The number of benzene rings is 2. The molecule has 0 saturated carbocycles.